The number of benzene rings is 1. The van der Waals surface area contributed by atoms with E-state index in [2.05, 4.69) is 15.5 Å². The number of hydrogen-bond donors (Lipinski definition) is 1. The zero-order valence-electron chi connectivity index (χ0n) is 11.7. The molecule has 2 aromatic rings. The third kappa shape index (κ3) is 2.83. The Balaban J connectivity index is 2.31. The largest absolute Gasteiger partial charge is 0.369 e. The van der Waals surface area contributed by atoms with Crippen molar-refractivity contribution in [2.24, 2.45) is 0 Å². The van der Waals surface area contributed by atoms with Crippen LogP contribution in [0.1, 0.15) is 37.2 Å². The van der Waals surface area contributed by atoms with Gasteiger partial charge >= 0.3 is 0 Å². The zero-order chi connectivity index (χ0) is 13.9. The molecule has 19 heavy (non-hydrogen) atoms. The SMILES string of the molecule is CNC(C)(C)c1nc(C(OC)c2ccccc2)no1. The van der Waals surface area contributed by atoms with E-state index >= 15 is 0 Å². The van der Waals surface area contributed by atoms with Gasteiger partial charge in [0.1, 0.15) is 6.10 Å². The molecular weight excluding hydrogens is 242 g/mol. The summed E-state index contributed by atoms with van der Waals surface area (Å²) in [6.45, 7) is 3.96. The molecule has 0 aliphatic carbocycles. The zero-order valence-corrected chi connectivity index (χ0v) is 11.7. The molecule has 1 aromatic heterocycles. The van der Waals surface area contributed by atoms with Crippen LogP contribution in [0.15, 0.2) is 34.9 Å². The topological polar surface area (TPSA) is 60.2 Å². The highest BCUT2D eigenvalue weighted by Crippen LogP contribution is 2.25. The van der Waals surface area contributed by atoms with Gasteiger partial charge in [-0.3, -0.25) is 0 Å². The van der Waals surface area contributed by atoms with Crippen LogP contribution in [0.4, 0.5) is 0 Å². The first-order chi connectivity index (χ1) is 9.08. The molecule has 0 saturated heterocycles. The Labute approximate surface area is 113 Å². The molecule has 0 amide bonds. The Morgan fingerprint density at radius 3 is 2.53 bits per heavy atom. The Kier molecular flexibility index (Phi) is 3.97. The van der Waals surface area contributed by atoms with Gasteiger partial charge in [-0.15, -0.1) is 0 Å². The summed E-state index contributed by atoms with van der Waals surface area (Å²) in [5, 5.41) is 7.16. The molecule has 5 nitrogen and oxygen atoms in total. The summed E-state index contributed by atoms with van der Waals surface area (Å²) in [4.78, 5) is 4.44. The second kappa shape index (κ2) is 5.50. The predicted molar refractivity (Wildman–Crippen MR) is 71.7 cm³/mol. The highest BCUT2D eigenvalue weighted by Gasteiger charge is 2.28. The number of nitrogens with zero attached hydrogens (tertiary/aromatic N) is 2. The fraction of sp³-hybridized carbons (Fsp3) is 0.429. The van der Waals surface area contributed by atoms with E-state index in [0.29, 0.717) is 11.7 Å². The first-order valence-corrected chi connectivity index (χ1v) is 6.19. The van der Waals surface area contributed by atoms with Gasteiger partial charge in [0.25, 0.3) is 0 Å². The predicted octanol–water partition coefficient (Wildman–Crippen LogP) is 2.26. The second-order valence-electron chi connectivity index (χ2n) is 4.86. The summed E-state index contributed by atoms with van der Waals surface area (Å²) >= 11 is 0. The smallest absolute Gasteiger partial charge is 0.246 e. The Bertz CT molecular complexity index is 522. The average Bonchev–Trinajstić information content (AvgIpc) is 2.91. The summed E-state index contributed by atoms with van der Waals surface area (Å²) < 4.78 is 10.8. The van der Waals surface area contributed by atoms with E-state index < -0.39 is 0 Å². The molecule has 0 radical (unpaired) electrons. The minimum Gasteiger partial charge on any atom is -0.369 e. The lowest BCUT2D eigenvalue weighted by atomic mass is 10.1. The van der Waals surface area contributed by atoms with E-state index in [0.717, 1.165) is 5.56 Å². The fourth-order valence-corrected chi connectivity index (χ4v) is 1.72. The van der Waals surface area contributed by atoms with E-state index in [1.54, 1.807) is 7.11 Å². The maximum absolute atomic E-state index is 5.48. The molecule has 0 bridgehead atoms. The Morgan fingerprint density at radius 2 is 1.95 bits per heavy atom. The van der Waals surface area contributed by atoms with E-state index in [9.17, 15) is 0 Å². The number of ether oxygens (including phenoxy) is 1. The van der Waals surface area contributed by atoms with Gasteiger partial charge in [-0.05, 0) is 26.5 Å². The summed E-state index contributed by atoms with van der Waals surface area (Å²) in [5.74, 6) is 1.08. The molecule has 102 valence electrons. The van der Waals surface area contributed by atoms with Crippen molar-refractivity contribution < 1.29 is 9.26 Å². The third-order valence-electron chi connectivity index (χ3n) is 3.17. The van der Waals surface area contributed by atoms with Crippen LogP contribution in [-0.4, -0.2) is 24.3 Å². The van der Waals surface area contributed by atoms with Crippen molar-refractivity contribution in [2.75, 3.05) is 14.2 Å². The lowest BCUT2D eigenvalue weighted by Gasteiger charge is -2.18. The molecule has 2 rings (SSSR count). The van der Waals surface area contributed by atoms with Crippen LogP contribution >= 0.6 is 0 Å². The van der Waals surface area contributed by atoms with Crippen LogP contribution < -0.4 is 5.32 Å². The Morgan fingerprint density at radius 1 is 1.26 bits per heavy atom. The highest BCUT2D eigenvalue weighted by molar-refractivity contribution is 5.22. The van der Waals surface area contributed by atoms with Crippen molar-refractivity contribution in [3.8, 4) is 0 Å². The first kappa shape index (κ1) is 13.7. The average molecular weight is 261 g/mol. The summed E-state index contributed by atoms with van der Waals surface area (Å²) in [6, 6.07) is 9.84. The van der Waals surface area contributed by atoms with Crippen LogP contribution in [0.2, 0.25) is 0 Å². The van der Waals surface area contributed by atoms with Crippen molar-refractivity contribution >= 4 is 0 Å². The molecule has 1 aromatic carbocycles. The monoisotopic (exact) mass is 261 g/mol. The number of hydrogen-bond acceptors (Lipinski definition) is 5. The van der Waals surface area contributed by atoms with Crippen LogP contribution in [0.5, 0.6) is 0 Å². The second-order valence-corrected chi connectivity index (χ2v) is 4.86. The minimum atomic E-state index is -0.361. The van der Waals surface area contributed by atoms with Crippen LogP contribution in [0.3, 0.4) is 0 Å². The lowest BCUT2D eigenvalue weighted by Crippen LogP contribution is -2.33. The van der Waals surface area contributed by atoms with Gasteiger partial charge in [0, 0.05) is 7.11 Å². The summed E-state index contributed by atoms with van der Waals surface area (Å²) in [5.41, 5.74) is 0.639. The number of methoxy groups -OCH3 is 1. The van der Waals surface area contributed by atoms with Crippen LogP contribution in [0, 0.1) is 0 Å². The molecular formula is C14H19N3O2. The summed E-state index contributed by atoms with van der Waals surface area (Å²) in [7, 11) is 3.49. The van der Waals surface area contributed by atoms with Gasteiger partial charge in [0.2, 0.25) is 11.7 Å². The van der Waals surface area contributed by atoms with Crippen molar-refractivity contribution in [3.05, 3.63) is 47.6 Å². The van der Waals surface area contributed by atoms with E-state index in [4.69, 9.17) is 9.26 Å². The fourth-order valence-electron chi connectivity index (χ4n) is 1.72. The van der Waals surface area contributed by atoms with Crippen molar-refractivity contribution in [1.82, 2.24) is 15.5 Å². The molecule has 0 aliphatic heterocycles. The molecule has 0 aliphatic rings. The molecule has 1 unspecified atom stereocenters. The molecule has 0 spiro atoms. The van der Waals surface area contributed by atoms with Gasteiger partial charge in [-0.2, -0.15) is 4.98 Å². The van der Waals surface area contributed by atoms with Crippen molar-refractivity contribution in [2.45, 2.75) is 25.5 Å². The maximum Gasteiger partial charge on any atom is 0.246 e. The number of rotatable bonds is 5. The molecule has 1 N–H and O–H groups in total. The molecule has 0 saturated carbocycles. The van der Waals surface area contributed by atoms with Gasteiger partial charge in [-0.1, -0.05) is 35.5 Å². The van der Waals surface area contributed by atoms with E-state index in [1.807, 2.05) is 51.2 Å². The highest BCUT2D eigenvalue weighted by atomic mass is 16.5. The normalized spacial score (nSPS) is 13.5. The Hall–Kier alpha value is -1.72. The van der Waals surface area contributed by atoms with Crippen LogP contribution in [0.25, 0.3) is 0 Å². The van der Waals surface area contributed by atoms with Gasteiger partial charge in [0.05, 0.1) is 5.54 Å². The van der Waals surface area contributed by atoms with E-state index in [1.165, 1.54) is 0 Å². The molecule has 1 heterocycles. The molecule has 0 fully saturated rings. The minimum absolute atomic E-state index is 0.314. The molecule has 1 atom stereocenters. The van der Waals surface area contributed by atoms with Crippen molar-refractivity contribution in [1.29, 1.82) is 0 Å². The van der Waals surface area contributed by atoms with E-state index in [-0.39, 0.29) is 11.6 Å². The van der Waals surface area contributed by atoms with Gasteiger partial charge < -0.3 is 14.6 Å². The number of aromatic nitrogens is 2. The maximum atomic E-state index is 5.48. The summed E-state index contributed by atoms with van der Waals surface area (Å²) in [6.07, 6.45) is -0.314. The van der Waals surface area contributed by atoms with Gasteiger partial charge in [0.15, 0.2) is 0 Å². The first-order valence-electron chi connectivity index (χ1n) is 6.19. The van der Waals surface area contributed by atoms with Gasteiger partial charge in [-0.25, -0.2) is 0 Å². The third-order valence-corrected chi connectivity index (χ3v) is 3.17. The number of nitrogens with one attached hydrogen (secondary N) is 1. The molecule has 5 heteroatoms. The quantitative estimate of drug-likeness (QED) is 0.894. The lowest BCUT2D eigenvalue weighted by molar-refractivity contribution is 0.126. The van der Waals surface area contributed by atoms with Crippen molar-refractivity contribution in [3.63, 3.8) is 0 Å². The van der Waals surface area contributed by atoms with Crippen LogP contribution in [-0.2, 0) is 10.3 Å². The standard InChI is InChI=1S/C14H19N3O2/c1-14(2,15-3)13-16-12(17-19-13)11(18-4)10-8-6-5-7-9-10/h5-9,11,15H,1-4H3.